The summed E-state index contributed by atoms with van der Waals surface area (Å²) in [5.74, 6) is -0.676. The van der Waals surface area contributed by atoms with Crippen molar-refractivity contribution in [2.45, 2.75) is 0 Å². The minimum Gasteiger partial charge on any atom is -0.460 e. The molecule has 0 amide bonds. The van der Waals surface area contributed by atoms with Gasteiger partial charge in [0.15, 0.2) is 0 Å². The van der Waals surface area contributed by atoms with E-state index in [-0.39, 0.29) is 5.71 Å². The third-order valence-electron chi connectivity index (χ3n) is 1.74. The van der Waals surface area contributed by atoms with Gasteiger partial charge in [-0.2, -0.15) is 4.79 Å². The molecule has 0 unspecified atom stereocenters. The van der Waals surface area contributed by atoms with Crippen molar-refractivity contribution in [1.82, 2.24) is 0 Å². The smallest absolute Gasteiger partial charge is 0.421 e. The Hall–Kier alpha value is -2.19. The minimum absolute atomic E-state index is 0.138. The van der Waals surface area contributed by atoms with E-state index in [2.05, 4.69) is 9.53 Å². The Balaban J connectivity index is 2.81. The third kappa shape index (κ3) is 3.21. The molecule has 0 bridgehead atoms. The molecule has 0 aliphatic carbocycles. The molecular weight excluding hydrogens is 192 g/mol. The van der Waals surface area contributed by atoms with E-state index in [1.54, 1.807) is 6.08 Å². The van der Waals surface area contributed by atoms with Crippen molar-refractivity contribution in [2.75, 3.05) is 7.11 Å². The number of esters is 1. The molecule has 0 aliphatic heterocycles. The van der Waals surface area contributed by atoms with E-state index in [1.165, 1.54) is 13.2 Å². The molecular formula is C11H10N2O2. The fourth-order valence-electron chi connectivity index (χ4n) is 0.986. The van der Waals surface area contributed by atoms with Gasteiger partial charge in [-0.05, 0) is 11.6 Å². The highest BCUT2D eigenvalue weighted by atomic mass is 16.5. The van der Waals surface area contributed by atoms with E-state index >= 15 is 0 Å². The predicted octanol–water partition coefficient (Wildman–Crippen LogP) is 1.54. The maximum Gasteiger partial charge on any atom is 0.421 e. The number of carbonyl (C=O) groups excluding carboxylic acids is 1. The first-order chi connectivity index (χ1) is 7.27. The van der Waals surface area contributed by atoms with Crippen LogP contribution < -0.4 is 0 Å². The number of nitrogens with zero attached hydrogens (tertiary/aromatic N) is 2. The molecule has 1 aromatic rings. The molecule has 0 aliphatic rings. The van der Waals surface area contributed by atoms with Crippen molar-refractivity contribution in [3.8, 4) is 0 Å². The summed E-state index contributed by atoms with van der Waals surface area (Å²) >= 11 is 0. The maximum atomic E-state index is 11.0. The lowest BCUT2D eigenvalue weighted by Crippen LogP contribution is -2.13. The van der Waals surface area contributed by atoms with Crippen LogP contribution in [0.5, 0.6) is 0 Å². The first-order valence-corrected chi connectivity index (χ1v) is 4.31. The Morgan fingerprint density at radius 2 is 2.07 bits per heavy atom. The topological polar surface area (TPSA) is 62.7 Å². The largest absolute Gasteiger partial charge is 0.460 e. The quantitative estimate of drug-likeness (QED) is 0.323. The molecule has 76 valence electrons. The second-order valence-corrected chi connectivity index (χ2v) is 2.72. The molecule has 0 saturated carbocycles. The number of hydrogen-bond donors (Lipinski definition) is 0. The predicted molar refractivity (Wildman–Crippen MR) is 56.1 cm³/mol. The van der Waals surface area contributed by atoms with Crippen LogP contribution in [-0.2, 0) is 9.53 Å². The Labute approximate surface area is 87.4 Å². The van der Waals surface area contributed by atoms with Gasteiger partial charge in [0.05, 0.1) is 7.11 Å². The van der Waals surface area contributed by atoms with E-state index in [0.29, 0.717) is 0 Å². The first-order valence-electron chi connectivity index (χ1n) is 4.31. The summed E-state index contributed by atoms with van der Waals surface area (Å²) in [6.45, 7) is 0. The summed E-state index contributed by atoms with van der Waals surface area (Å²) in [6, 6.07) is 9.35. The van der Waals surface area contributed by atoms with Gasteiger partial charge in [0.1, 0.15) is 0 Å². The van der Waals surface area contributed by atoms with Crippen molar-refractivity contribution in [3.63, 3.8) is 0 Å². The Bertz CT molecular complexity index is 417. The molecule has 0 saturated heterocycles. The van der Waals surface area contributed by atoms with Crippen LogP contribution in [-0.4, -0.2) is 23.6 Å². The highest BCUT2D eigenvalue weighted by Crippen LogP contribution is 2.00. The van der Waals surface area contributed by atoms with Gasteiger partial charge in [0, 0.05) is 6.08 Å². The van der Waals surface area contributed by atoms with Crippen LogP contribution in [0, 0.1) is 0 Å². The van der Waals surface area contributed by atoms with Gasteiger partial charge in [0.25, 0.3) is 0 Å². The standard InChI is InChI=1S/C11H10N2O2/c1-15-11(14)10(13-12)8-7-9-5-3-2-4-6-9/h2-8H,1H3/b8-7-. The number of methoxy groups -OCH3 is 1. The zero-order valence-electron chi connectivity index (χ0n) is 8.25. The number of rotatable bonds is 3. The van der Waals surface area contributed by atoms with Gasteiger partial charge in [0.2, 0.25) is 0 Å². The van der Waals surface area contributed by atoms with E-state index < -0.39 is 5.97 Å². The molecule has 1 aromatic carbocycles. The van der Waals surface area contributed by atoms with Crippen LogP contribution in [0.2, 0.25) is 0 Å². The van der Waals surface area contributed by atoms with Crippen LogP contribution in [0.3, 0.4) is 0 Å². The van der Waals surface area contributed by atoms with E-state index in [9.17, 15) is 4.79 Å². The van der Waals surface area contributed by atoms with E-state index in [1.807, 2.05) is 30.3 Å². The number of benzene rings is 1. The SMILES string of the molecule is COC(=O)C(/C=C\c1ccccc1)=[N+]=[N-]. The molecule has 0 spiro atoms. The van der Waals surface area contributed by atoms with Crippen molar-refractivity contribution >= 4 is 17.8 Å². The molecule has 4 nitrogen and oxygen atoms in total. The first kappa shape index (κ1) is 10.9. The average molecular weight is 202 g/mol. The second kappa shape index (κ2) is 5.52. The van der Waals surface area contributed by atoms with Crippen molar-refractivity contribution < 1.29 is 14.3 Å². The van der Waals surface area contributed by atoms with Crippen LogP contribution in [0.4, 0.5) is 0 Å². The molecule has 0 aromatic heterocycles. The van der Waals surface area contributed by atoms with Gasteiger partial charge in [-0.25, -0.2) is 4.79 Å². The summed E-state index contributed by atoms with van der Waals surface area (Å²) in [5.41, 5.74) is 9.31. The fourth-order valence-corrected chi connectivity index (χ4v) is 0.986. The van der Waals surface area contributed by atoms with Gasteiger partial charge in [-0.1, -0.05) is 30.3 Å². The number of carbonyl (C=O) groups is 1. The summed E-state index contributed by atoms with van der Waals surface area (Å²) in [7, 11) is 1.23. The monoisotopic (exact) mass is 202 g/mol. The molecule has 0 heterocycles. The molecule has 15 heavy (non-hydrogen) atoms. The molecule has 0 N–H and O–H groups in total. The highest BCUT2D eigenvalue weighted by molar-refractivity contribution is 6.39. The van der Waals surface area contributed by atoms with Crippen LogP contribution >= 0.6 is 0 Å². The average Bonchev–Trinajstić information content (AvgIpc) is 2.31. The van der Waals surface area contributed by atoms with Crippen LogP contribution in [0.15, 0.2) is 36.4 Å². The normalized spacial score (nSPS) is 9.67. The maximum absolute atomic E-state index is 11.0. The Morgan fingerprint density at radius 1 is 1.40 bits per heavy atom. The molecule has 1 rings (SSSR count). The molecule has 0 fully saturated rings. The number of ether oxygens (including phenoxy) is 1. The fraction of sp³-hybridized carbons (Fsp3) is 0.0909. The Morgan fingerprint density at radius 3 is 2.60 bits per heavy atom. The summed E-state index contributed by atoms with van der Waals surface area (Å²) < 4.78 is 4.41. The van der Waals surface area contributed by atoms with Crippen molar-refractivity contribution in [1.29, 1.82) is 0 Å². The number of hydrogen-bond acceptors (Lipinski definition) is 2. The van der Waals surface area contributed by atoms with E-state index in [4.69, 9.17) is 5.53 Å². The second-order valence-electron chi connectivity index (χ2n) is 2.72. The van der Waals surface area contributed by atoms with Gasteiger partial charge >= 0.3 is 11.7 Å². The van der Waals surface area contributed by atoms with Gasteiger partial charge in [-0.3, -0.25) is 0 Å². The van der Waals surface area contributed by atoms with Crippen LogP contribution in [0.25, 0.3) is 11.6 Å². The lowest BCUT2D eigenvalue weighted by Gasteiger charge is -1.90. The lowest BCUT2D eigenvalue weighted by molar-refractivity contribution is -0.137. The third-order valence-corrected chi connectivity index (χ3v) is 1.74. The Kier molecular flexibility index (Phi) is 4.01. The molecule has 0 radical (unpaired) electrons. The minimum atomic E-state index is -0.676. The van der Waals surface area contributed by atoms with Gasteiger partial charge in [-0.15, -0.1) is 0 Å². The summed E-state index contributed by atoms with van der Waals surface area (Å²) in [5, 5.41) is 0. The lowest BCUT2D eigenvalue weighted by atomic mass is 10.2. The molecule has 4 heteroatoms. The molecule has 0 atom stereocenters. The van der Waals surface area contributed by atoms with Crippen molar-refractivity contribution in [2.24, 2.45) is 0 Å². The summed E-state index contributed by atoms with van der Waals surface area (Å²) in [4.78, 5) is 13.8. The van der Waals surface area contributed by atoms with Crippen molar-refractivity contribution in [3.05, 3.63) is 47.5 Å². The zero-order chi connectivity index (χ0) is 11.1. The summed E-state index contributed by atoms with van der Waals surface area (Å²) in [6.07, 6.45) is 3.05. The zero-order valence-corrected chi connectivity index (χ0v) is 8.25. The van der Waals surface area contributed by atoms with Crippen LogP contribution in [0.1, 0.15) is 5.56 Å². The van der Waals surface area contributed by atoms with E-state index in [0.717, 1.165) is 5.56 Å². The highest BCUT2D eigenvalue weighted by Gasteiger charge is 2.15. The van der Waals surface area contributed by atoms with Gasteiger partial charge < -0.3 is 10.3 Å².